The normalized spacial score (nSPS) is 9.84. The van der Waals surface area contributed by atoms with Crippen molar-refractivity contribution in [2.75, 3.05) is 25.1 Å². The van der Waals surface area contributed by atoms with Crippen LogP contribution in [0.5, 0.6) is 5.75 Å². The topological polar surface area (TPSA) is 58.6 Å². The Kier molecular flexibility index (Phi) is 5.85. The van der Waals surface area contributed by atoms with Gasteiger partial charge in [-0.15, -0.1) is 0 Å². The van der Waals surface area contributed by atoms with Gasteiger partial charge in [0, 0.05) is 13.5 Å². The van der Waals surface area contributed by atoms with Crippen LogP contribution in [0.2, 0.25) is 0 Å². The predicted octanol–water partition coefficient (Wildman–Crippen LogP) is 1.57. The van der Waals surface area contributed by atoms with Crippen molar-refractivity contribution in [1.29, 1.82) is 0 Å². The lowest BCUT2D eigenvalue weighted by molar-refractivity contribution is -0.123. The molecular weight excluding hydrogens is 244 g/mol. The maximum atomic E-state index is 11.7. The molecule has 1 aromatic carbocycles. The van der Waals surface area contributed by atoms with Gasteiger partial charge in [0.15, 0.2) is 0 Å². The maximum Gasteiger partial charge on any atom is 0.240 e. The summed E-state index contributed by atoms with van der Waals surface area (Å²) in [7, 11) is 1.54. The minimum absolute atomic E-state index is 0.00426. The zero-order valence-corrected chi connectivity index (χ0v) is 11.6. The van der Waals surface area contributed by atoms with E-state index in [0.717, 1.165) is 6.42 Å². The molecule has 19 heavy (non-hydrogen) atoms. The fourth-order valence-corrected chi connectivity index (χ4v) is 1.68. The van der Waals surface area contributed by atoms with Gasteiger partial charge in [0.05, 0.1) is 12.8 Å². The lowest BCUT2D eigenvalue weighted by atomic mass is 10.2. The van der Waals surface area contributed by atoms with Crippen molar-refractivity contribution in [2.45, 2.75) is 20.3 Å². The molecule has 0 saturated carbocycles. The number of hydrogen-bond donors (Lipinski definition) is 1. The largest absolute Gasteiger partial charge is 0.495 e. The van der Waals surface area contributed by atoms with Crippen LogP contribution in [-0.2, 0) is 9.59 Å². The molecule has 104 valence electrons. The number of amides is 2. The van der Waals surface area contributed by atoms with Crippen LogP contribution >= 0.6 is 0 Å². The van der Waals surface area contributed by atoms with Crippen molar-refractivity contribution >= 4 is 17.5 Å². The number of para-hydroxylation sites is 2. The Morgan fingerprint density at radius 2 is 2.00 bits per heavy atom. The highest BCUT2D eigenvalue weighted by molar-refractivity contribution is 5.98. The average Bonchev–Trinajstić information content (AvgIpc) is 2.42. The molecule has 1 rings (SSSR count). The van der Waals surface area contributed by atoms with E-state index in [0.29, 0.717) is 18.0 Å². The highest BCUT2D eigenvalue weighted by Crippen LogP contribution is 2.27. The first kappa shape index (κ1) is 15.0. The van der Waals surface area contributed by atoms with Gasteiger partial charge < -0.3 is 10.1 Å². The Morgan fingerprint density at radius 3 is 2.58 bits per heavy atom. The smallest absolute Gasteiger partial charge is 0.240 e. The van der Waals surface area contributed by atoms with Gasteiger partial charge in [-0.2, -0.15) is 0 Å². The first-order valence-electron chi connectivity index (χ1n) is 6.28. The molecule has 0 aromatic heterocycles. The predicted molar refractivity (Wildman–Crippen MR) is 74.3 cm³/mol. The van der Waals surface area contributed by atoms with Crippen molar-refractivity contribution < 1.29 is 14.3 Å². The minimum Gasteiger partial charge on any atom is -0.495 e. The van der Waals surface area contributed by atoms with Gasteiger partial charge in [-0.05, 0) is 18.6 Å². The van der Waals surface area contributed by atoms with E-state index in [-0.39, 0.29) is 18.4 Å². The molecule has 1 aromatic rings. The first-order chi connectivity index (χ1) is 9.10. The van der Waals surface area contributed by atoms with Crippen molar-refractivity contribution in [3.05, 3.63) is 24.3 Å². The SMILES string of the molecule is CCCNC(=O)CN(C(C)=O)c1ccccc1OC. The Morgan fingerprint density at radius 1 is 1.32 bits per heavy atom. The van der Waals surface area contributed by atoms with Gasteiger partial charge >= 0.3 is 0 Å². The highest BCUT2D eigenvalue weighted by atomic mass is 16.5. The molecule has 0 saturated heterocycles. The zero-order chi connectivity index (χ0) is 14.3. The monoisotopic (exact) mass is 264 g/mol. The lowest BCUT2D eigenvalue weighted by Crippen LogP contribution is -2.40. The van der Waals surface area contributed by atoms with E-state index in [1.807, 2.05) is 13.0 Å². The standard InChI is InChI=1S/C14H20N2O3/c1-4-9-15-14(18)10-16(11(2)17)12-7-5-6-8-13(12)19-3/h5-8H,4,9-10H2,1-3H3,(H,15,18). The summed E-state index contributed by atoms with van der Waals surface area (Å²) in [6.07, 6.45) is 0.862. The Labute approximate surface area is 113 Å². The molecule has 1 N–H and O–H groups in total. The Balaban J connectivity index is 2.88. The molecular formula is C14H20N2O3. The van der Waals surface area contributed by atoms with Crippen LogP contribution in [-0.4, -0.2) is 32.0 Å². The quantitative estimate of drug-likeness (QED) is 0.848. The first-order valence-corrected chi connectivity index (χ1v) is 6.28. The summed E-state index contributed by atoms with van der Waals surface area (Å²) in [6, 6.07) is 7.14. The number of rotatable bonds is 6. The molecule has 0 atom stereocenters. The molecule has 5 nitrogen and oxygen atoms in total. The van der Waals surface area contributed by atoms with Crippen LogP contribution in [0.3, 0.4) is 0 Å². The second kappa shape index (κ2) is 7.41. The molecule has 2 amide bonds. The van der Waals surface area contributed by atoms with E-state index in [1.54, 1.807) is 18.2 Å². The van der Waals surface area contributed by atoms with Crippen LogP contribution in [0.25, 0.3) is 0 Å². The van der Waals surface area contributed by atoms with E-state index in [9.17, 15) is 9.59 Å². The Hall–Kier alpha value is -2.04. The summed E-state index contributed by atoms with van der Waals surface area (Å²) in [5.41, 5.74) is 0.601. The van der Waals surface area contributed by atoms with E-state index in [4.69, 9.17) is 4.74 Å². The number of hydrogen-bond acceptors (Lipinski definition) is 3. The van der Waals surface area contributed by atoms with Crippen LogP contribution < -0.4 is 15.0 Å². The summed E-state index contributed by atoms with van der Waals surface area (Å²) < 4.78 is 5.21. The van der Waals surface area contributed by atoms with Crippen molar-refractivity contribution in [1.82, 2.24) is 5.32 Å². The number of nitrogens with one attached hydrogen (secondary N) is 1. The van der Waals surface area contributed by atoms with Crippen LogP contribution in [0, 0.1) is 0 Å². The Bertz CT molecular complexity index is 446. The molecule has 0 unspecified atom stereocenters. The molecule has 0 spiro atoms. The second-order valence-corrected chi connectivity index (χ2v) is 4.13. The third-order valence-electron chi connectivity index (χ3n) is 2.63. The summed E-state index contributed by atoms with van der Waals surface area (Å²) in [5.74, 6) is 0.195. The average molecular weight is 264 g/mol. The maximum absolute atomic E-state index is 11.7. The van der Waals surface area contributed by atoms with Gasteiger partial charge in [-0.1, -0.05) is 19.1 Å². The highest BCUT2D eigenvalue weighted by Gasteiger charge is 2.18. The van der Waals surface area contributed by atoms with Gasteiger partial charge in [-0.3, -0.25) is 14.5 Å². The number of carbonyl (C=O) groups excluding carboxylic acids is 2. The summed E-state index contributed by atoms with van der Waals surface area (Å²) >= 11 is 0. The third-order valence-corrected chi connectivity index (χ3v) is 2.63. The van der Waals surface area contributed by atoms with Crippen molar-refractivity contribution in [3.63, 3.8) is 0 Å². The molecule has 0 aliphatic heterocycles. The molecule has 0 bridgehead atoms. The second-order valence-electron chi connectivity index (χ2n) is 4.13. The van der Waals surface area contributed by atoms with E-state index < -0.39 is 0 Å². The molecule has 0 fully saturated rings. The fraction of sp³-hybridized carbons (Fsp3) is 0.429. The van der Waals surface area contributed by atoms with Gasteiger partial charge in [0.25, 0.3) is 0 Å². The number of anilines is 1. The number of methoxy groups -OCH3 is 1. The molecule has 0 aliphatic rings. The molecule has 0 aliphatic carbocycles. The lowest BCUT2D eigenvalue weighted by Gasteiger charge is -2.22. The number of ether oxygens (including phenoxy) is 1. The molecule has 0 radical (unpaired) electrons. The van der Waals surface area contributed by atoms with E-state index >= 15 is 0 Å². The van der Waals surface area contributed by atoms with Gasteiger partial charge in [-0.25, -0.2) is 0 Å². The van der Waals surface area contributed by atoms with Crippen LogP contribution in [0.15, 0.2) is 24.3 Å². The third kappa shape index (κ3) is 4.28. The summed E-state index contributed by atoms with van der Waals surface area (Å²) in [5, 5.41) is 2.75. The van der Waals surface area contributed by atoms with Crippen molar-refractivity contribution in [3.8, 4) is 5.75 Å². The van der Waals surface area contributed by atoms with E-state index in [1.165, 1.54) is 18.9 Å². The number of carbonyl (C=O) groups is 2. The van der Waals surface area contributed by atoms with Crippen LogP contribution in [0.1, 0.15) is 20.3 Å². The summed E-state index contributed by atoms with van der Waals surface area (Å²) in [4.78, 5) is 24.9. The van der Waals surface area contributed by atoms with Crippen molar-refractivity contribution in [2.24, 2.45) is 0 Å². The van der Waals surface area contributed by atoms with E-state index in [2.05, 4.69) is 5.32 Å². The summed E-state index contributed by atoms with van der Waals surface area (Å²) in [6.45, 7) is 4.01. The fourth-order valence-electron chi connectivity index (χ4n) is 1.68. The molecule has 5 heteroatoms. The number of benzene rings is 1. The van der Waals surface area contributed by atoms with Gasteiger partial charge in [0.2, 0.25) is 11.8 Å². The minimum atomic E-state index is -0.198. The zero-order valence-electron chi connectivity index (χ0n) is 11.6. The van der Waals surface area contributed by atoms with Crippen LogP contribution in [0.4, 0.5) is 5.69 Å². The molecule has 0 heterocycles. The number of nitrogens with zero attached hydrogens (tertiary/aromatic N) is 1. The van der Waals surface area contributed by atoms with Gasteiger partial charge in [0.1, 0.15) is 12.3 Å².